The predicted molar refractivity (Wildman–Crippen MR) is 150 cm³/mol. The smallest absolute Gasteiger partial charge is 0.258 e. The first-order valence-corrected chi connectivity index (χ1v) is 12.9. The molecule has 0 unspecified atom stereocenters. The number of aliphatic carboxylic acids is 1. The molecular weight excluding hydrogens is 534 g/mol. The Hall–Kier alpha value is -4.63. The van der Waals surface area contributed by atoms with Gasteiger partial charge in [0.1, 0.15) is 11.5 Å². The van der Waals surface area contributed by atoms with Gasteiger partial charge in [-0.2, -0.15) is 5.10 Å². The van der Waals surface area contributed by atoms with Crippen molar-refractivity contribution in [3.8, 4) is 22.6 Å². The highest BCUT2D eigenvalue weighted by molar-refractivity contribution is 6.31. The van der Waals surface area contributed by atoms with E-state index in [4.69, 9.17) is 21.1 Å². The van der Waals surface area contributed by atoms with E-state index < -0.39 is 24.3 Å². The number of hydrogen-bond donors (Lipinski definition) is 1. The fourth-order valence-corrected chi connectivity index (χ4v) is 5.17. The Morgan fingerprint density at radius 3 is 2.50 bits per heavy atom. The number of carboxylic acid groups (broad SMARTS) is 1. The standard InChI is InChI=1S/C30H26ClN3O6/c1-39-19-9-11-25(40-2)21(15-19)24-16-23(33-34(24)26(35)12-13-27(36)37)29-28(17-6-4-3-5-7-17)20-14-18(31)8-10-22(20)32-30(29)38/h3-11,14-15,24H,12-13,16H2,1-2H3,(H,32,38)(H,36,37)/p-1/t24-/m1/s1. The molecule has 0 saturated heterocycles. The van der Waals surface area contributed by atoms with E-state index in [1.165, 1.54) is 19.2 Å². The minimum Gasteiger partial charge on any atom is -0.550 e. The number of benzene rings is 3. The molecule has 1 aromatic heterocycles. The van der Waals surface area contributed by atoms with Gasteiger partial charge in [-0.15, -0.1) is 0 Å². The minimum atomic E-state index is -1.35. The topological polar surface area (TPSA) is 124 Å². The van der Waals surface area contributed by atoms with E-state index in [0.29, 0.717) is 49.8 Å². The van der Waals surface area contributed by atoms with Crippen molar-refractivity contribution in [1.29, 1.82) is 0 Å². The quantitative estimate of drug-likeness (QED) is 0.347. The second-order valence-electron chi connectivity index (χ2n) is 9.24. The summed E-state index contributed by atoms with van der Waals surface area (Å²) in [5.74, 6) is -0.853. The van der Waals surface area contributed by atoms with Crippen molar-refractivity contribution in [3.05, 3.63) is 93.2 Å². The summed E-state index contributed by atoms with van der Waals surface area (Å²) < 4.78 is 11.0. The van der Waals surface area contributed by atoms with Crippen LogP contribution in [-0.2, 0) is 9.59 Å². The molecule has 1 amide bonds. The Labute approximate surface area is 234 Å². The van der Waals surface area contributed by atoms with Crippen molar-refractivity contribution in [3.63, 3.8) is 0 Å². The molecule has 0 bridgehead atoms. The van der Waals surface area contributed by atoms with Crippen molar-refractivity contribution in [2.45, 2.75) is 25.3 Å². The number of carbonyl (C=O) groups excluding carboxylic acids is 2. The van der Waals surface area contributed by atoms with Crippen LogP contribution in [0.3, 0.4) is 0 Å². The predicted octanol–water partition coefficient (Wildman–Crippen LogP) is 4.07. The fourth-order valence-electron chi connectivity index (χ4n) is 5.00. The number of aromatic nitrogens is 1. The van der Waals surface area contributed by atoms with Crippen LogP contribution in [0.2, 0.25) is 5.02 Å². The number of carboxylic acids is 1. The average Bonchev–Trinajstić information content (AvgIpc) is 3.40. The minimum absolute atomic E-state index is 0.162. The first kappa shape index (κ1) is 27.0. The van der Waals surface area contributed by atoms with Gasteiger partial charge in [-0.25, -0.2) is 5.01 Å². The molecule has 1 N–H and O–H groups in total. The van der Waals surface area contributed by atoms with Crippen LogP contribution >= 0.6 is 11.6 Å². The number of nitrogens with zero attached hydrogens (tertiary/aromatic N) is 2. The van der Waals surface area contributed by atoms with Crippen LogP contribution in [-0.4, -0.2) is 41.8 Å². The molecule has 0 fully saturated rings. The van der Waals surface area contributed by atoms with Crippen molar-refractivity contribution < 1.29 is 24.2 Å². The number of rotatable bonds is 8. The lowest BCUT2D eigenvalue weighted by molar-refractivity contribution is -0.305. The van der Waals surface area contributed by atoms with Crippen molar-refractivity contribution in [2.75, 3.05) is 14.2 Å². The number of amides is 1. The molecule has 10 heteroatoms. The van der Waals surface area contributed by atoms with Crippen LogP contribution in [0.25, 0.3) is 22.0 Å². The fraction of sp³-hybridized carbons (Fsp3) is 0.200. The summed E-state index contributed by atoms with van der Waals surface area (Å²) in [6, 6.07) is 19.1. The lowest BCUT2D eigenvalue weighted by Crippen LogP contribution is -2.30. The van der Waals surface area contributed by atoms with Gasteiger partial charge in [0.15, 0.2) is 0 Å². The Morgan fingerprint density at radius 1 is 1.02 bits per heavy atom. The summed E-state index contributed by atoms with van der Waals surface area (Å²) in [5.41, 5.74) is 2.87. The summed E-state index contributed by atoms with van der Waals surface area (Å²) >= 11 is 6.37. The van der Waals surface area contributed by atoms with Gasteiger partial charge in [0.05, 0.1) is 31.5 Å². The van der Waals surface area contributed by atoms with E-state index in [1.807, 2.05) is 30.3 Å². The highest BCUT2D eigenvalue weighted by Crippen LogP contribution is 2.41. The summed E-state index contributed by atoms with van der Waals surface area (Å²) in [7, 11) is 3.03. The van der Waals surface area contributed by atoms with Crippen molar-refractivity contribution >= 4 is 40.1 Å². The molecule has 40 heavy (non-hydrogen) atoms. The third kappa shape index (κ3) is 5.15. The van der Waals surface area contributed by atoms with E-state index in [9.17, 15) is 19.5 Å². The number of aromatic amines is 1. The summed E-state index contributed by atoms with van der Waals surface area (Å²) in [6.45, 7) is 0. The molecule has 9 nitrogen and oxygen atoms in total. The molecule has 1 atom stereocenters. The lowest BCUT2D eigenvalue weighted by Gasteiger charge is -2.24. The summed E-state index contributed by atoms with van der Waals surface area (Å²) in [6.07, 6.45) is -0.626. The molecule has 4 aromatic rings. The second kappa shape index (κ2) is 11.2. The average molecular weight is 559 g/mol. The number of nitrogens with one attached hydrogen (secondary N) is 1. The number of hydrogen-bond acceptors (Lipinski definition) is 7. The number of methoxy groups -OCH3 is 2. The maximum atomic E-state index is 13.7. The Balaban J connectivity index is 1.72. The summed E-state index contributed by atoms with van der Waals surface area (Å²) in [5, 5.41) is 18.2. The van der Waals surface area contributed by atoms with E-state index >= 15 is 0 Å². The molecule has 0 radical (unpaired) electrons. The number of H-pyrrole nitrogens is 1. The first-order valence-electron chi connectivity index (χ1n) is 12.5. The van der Waals surface area contributed by atoms with E-state index in [0.717, 1.165) is 5.56 Å². The highest BCUT2D eigenvalue weighted by atomic mass is 35.5. The Bertz CT molecular complexity index is 1700. The maximum absolute atomic E-state index is 13.7. The molecule has 1 aliphatic heterocycles. The van der Waals surface area contributed by atoms with Crippen molar-refractivity contribution in [1.82, 2.24) is 9.99 Å². The van der Waals surface area contributed by atoms with Crippen LogP contribution in [0.15, 0.2) is 76.6 Å². The SMILES string of the molecule is COc1ccc(OC)c([C@H]2CC(c3c(-c4ccccc4)c4cc(Cl)ccc4[nH]c3=O)=NN2C(=O)CCC(=O)[O-])c1. The third-order valence-electron chi connectivity index (χ3n) is 6.83. The molecule has 1 aliphatic rings. The number of hydrazone groups is 1. The molecule has 0 aliphatic carbocycles. The van der Waals surface area contributed by atoms with Crippen molar-refractivity contribution in [2.24, 2.45) is 5.10 Å². The van der Waals surface area contributed by atoms with Gasteiger partial charge in [0.2, 0.25) is 5.91 Å². The van der Waals surface area contributed by atoms with Gasteiger partial charge in [-0.3, -0.25) is 9.59 Å². The number of carbonyl (C=O) groups is 2. The zero-order valence-electron chi connectivity index (χ0n) is 21.8. The normalized spacial score (nSPS) is 14.7. The monoisotopic (exact) mass is 558 g/mol. The van der Waals surface area contributed by atoms with Gasteiger partial charge in [-0.1, -0.05) is 41.9 Å². The van der Waals surface area contributed by atoms with Crippen LogP contribution < -0.4 is 20.1 Å². The third-order valence-corrected chi connectivity index (χ3v) is 7.07. The maximum Gasteiger partial charge on any atom is 0.258 e. The molecule has 204 valence electrons. The second-order valence-corrected chi connectivity index (χ2v) is 9.68. The number of ether oxygens (including phenoxy) is 2. The zero-order valence-corrected chi connectivity index (χ0v) is 22.5. The van der Waals surface area contributed by atoms with Gasteiger partial charge < -0.3 is 24.4 Å². The van der Waals surface area contributed by atoms with Crippen LogP contribution in [0.1, 0.15) is 36.4 Å². The largest absolute Gasteiger partial charge is 0.550 e. The van der Waals surface area contributed by atoms with Crippen LogP contribution in [0.5, 0.6) is 11.5 Å². The Kier molecular flexibility index (Phi) is 7.57. The molecule has 3 aromatic carbocycles. The molecular formula is C30H25ClN3O6-. The van der Waals surface area contributed by atoms with Gasteiger partial charge in [0.25, 0.3) is 5.56 Å². The molecule has 0 saturated carbocycles. The van der Waals surface area contributed by atoms with E-state index in [-0.39, 0.29) is 18.4 Å². The molecule has 2 heterocycles. The van der Waals surface area contributed by atoms with Gasteiger partial charge >= 0.3 is 0 Å². The zero-order chi connectivity index (χ0) is 28.4. The molecule has 0 spiro atoms. The Morgan fingerprint density at radius 2 is 1.80 bits per heavy atom. The number of fused-ring (bicyclic) bond motifs is 1. The van der Waals surface area contributed by atoms with Gasteiger partial charge in [-0.05, 0) is 48.4 Å². The lowest BCUT2D eigenvalue weighted by atomic mass is 9.90. The van der Waals surface area contributed by atoms with E-state index in [2.05, 4.69) is 10.1 Å². The van der Waals surface area contributed by atoms with Crippen LogP contribution in [0, 0.1) is 0 Å². The number of pyridine rings is 1. The highest BCUT2D eigenvalue weighted by Gasteiger charge is 2.37. The summed E-state index contributed by atoms with van der Waals surface area (Å²) in [4.78, 5) is 41.0. The van der Waals surface area contributed by atoms with Crippen LogP contribution in [0.4, 0.5) is 0 Å². The van der Waals surface area contributed by atoms with Gasteiger partial charge in [0, 0.05) is 45.9 Å². The first-order chi connectivity index (χ1) is 19.3. The van der Waals surface area contributed by atoms with E-state index in [1.54, 1.807) is 36.4 Å². The number of halogens is 1. The molecule has 5 rings (SSSR count).